The largest absolute Gasteiger partial charge is 0.490 e. The van der Waals surface area contributed by atoms with Gasteiger partial charge in [0.15, 0.2) is 18.1 Å². The topological polar surface area (TPSA) is 71.9 Å². The SMILES string of the molecule is CCOc1cc(C=NNc2ccccc2)c(Br)cc1OCC(=O)NC1CCCCC1. The number of hydrazone groups is 1. The van der Waals surface area contributed by atoms with Crippen molar-refractivity contribution in [1.29, 1.82) is 0 Å². The van der Waals surface area contributed by atoms with Gasteiger partial charge in [-0.25, -0.2) is 0 Å². The van der Waals surface area contributed by atoms with Gasteiger partial charge in [-0.15, -0.1) is 0 Å². The molecule has 160 valence electrons. The fraction of sp³-hybridized carbons (Fsp3) is 0.391. The molecule has 0 aromatic heterocycles. The third-order valence-electron chi connectivity index (χ3n) is 4.86. The molecule has 1 saturated carbocycles. The number of rotatable bonds is 9. The lowest BCUT2D eigenvalue weighted by Gasteiger charge is -2.23. The second-order valence-corrected chi connectivity index (χ2v) is 8.03. The number of amides is 1. The Morgan fingerprint density at radius 3 is 2.60 bits per heavy atom. The number of para-hydroxylation sites is 1. The van der Waals surface area contributed by atoms with Gasteiger partial charge in [0, 0.05) is 16.1 Å². The van der Waals surface area contributed by atoms with Crippen LogP contribution in [0.15, 0.2) is 52.0 Å². The van der Waals surface area contributed by atoms with E-state index >= 15 is 0 Å². The van der Waals surface area contributed by atoms with Gasteiger partial charge in [-0.3, -0.25) is 10.2 Å². The predicted molar refractivity (Wildman–Crippen MR) is 123 cm³/mol. The van der Waals surface area contributed by atoms with E-state index in [-0.39, 0.29) is 18.6 Å². The average Bonchev–Trinajstić information content (AvgIpc) is 2.76. The molecule has 0 aliphatic heterocycles. The number of carbonyl (C=O) groups is 1. The van der Waals surface area contributed by atoms with Crippen molar-refractivity contribution >= 4 is 33.7 Å². The summed E-state index contributed by atoms with van der Waals surface area (Å²) in [5, 5.41) is 7.34. The summed E-state index contributed by atoms with van der Waals surface area (Å²) in [6, 6.07) is 13.6. The summed E-state index contributed by atoms with van der Waals surface area (Å²) in [6.45, 7) is 2.36. The Morgan fingerprint density at radius 1 is 1.13 bits per heavy atom. The summed E-state index contributed by atoms with van der Waals surface area (Å²) in [5.74, 6) is 1.00. The second-order valence-electron chi connectivity index (χ2n) is 7.18. The lowest BCUT2D eigenvalue weighted by Crippen LogP contribution is -2.39. The molecular formula is C23H28BrN3O3. The van der Waals surface area contributed by atoms with E-state index in [0.29, 0.717) is 18.1 Å². The first kappa shape index (κ1) is 22.2. The highest BCUT2D eigenvalue weighted by Crippen LogP contribution is 2.33. The maximum absolute atomic E-state index is 12.3. The minimum Gasteiger partial charge on any atom is -0.490 e. The van der Waals surface area contributed by atoms with E-state index in [1.165, 1.54) is 19.3 Å². The molecule has 1 fully saturated rings. The van der Waals surface area contributed by atoms with Crippen LogP contribution in [0.5, 0.6) is 11.5 Å². The van der Waals surface area contributed by atoms with Gasteiger partial charge < -0.3 is 14.8 Å². The van der Waals surface area contributed by atoms with Crippen molar-refractivity contribution < 1.29 is 14.3 Å². The van der Waals surface area contributed by atoms with Crippen LogP contribution in [0.2, 0.25) is 0 Å². The molecule has 6 nitrogen and oxygen atoms in total. The molecule has 2 aromatic rings. The standard InChI is InChI=1S/C23H28BrN3O3/c1-2-29-21-13-17(15-25-27-19-11-7-4-8-12-19)20(24)14-22(21)30-16-23(28)26-18-9-5-3-6-10-18/h4,7-8,11-15,18,27H,2-3,5-6,9-10,16H2,1H3,(H,26,28). The van der Waals surface area contributed by atoms with Gasteiger partial charge in [0.1, 0.15) is 0 Å². The number of anilines is 1. The summed E-state index contributed by atoms with van der Waals surface area (Å²) in [7, 11) is 0. The van der Waals surface area contributed by atoms with Crippen molar-refractivity contribution in [3.05, 3.63) is 52.5 Å². The predicted octanol–water partition coefficient (Wildman–Crippen LogP) is 5.12. The summed E-state index contributed by atoms with van der Waals surface area (Å²) in [6.07, 6.45) is 7.41. The van der Waals surface area contributed by atoms with Crippen LogP contribution in [0.4, 0.5) is 5.69 Å². The molecule has 2 N–H and O–H groups in total. The van der Waals surface area contributed by atoms with Crippen molar-refractivity contribution in [2.24, 2.45) is 5.10 Å². The van der Waals surface area contributed by atoms with E-state index in [2.05, 4.69) is 31.8 Å². The summed E-state index contributed by atoms with van der Waals surface area (Å²) < 4.78 is 12.3. The smallest absolute Gasteiger partial charge is 0.258 e. The quantitative estimate of drug-likeness (QED) is 0.391. The molecular weight excluding hydrogens is 446 g/mol. The zero-order chi connectivity index (χ0) is 21.2. The van der Waals surface area contributed by atoms with Crippen molar-refractivity contribution in [3.8, 4) is 11.5 Å². The summed E-state index contributed by atoms with van der Waals surface area (Å²) in [4.78, 5) is 12.3. The zero-order valence-corrected chi connectivity index (χ0v) is 18.8. The maximum Gasteiger partial charge on any atom is 0.258 e. The van der Waals surface area contributed by atoms with E-state index in [1.807, 2.05) is 49.4 Å². The van der Waals surface area contributed by atoms with Gasteiger partial charge in [0.25, 0.3) is 5.91 Å². The normalized spacial score (nSPS) is 14.5. The van der Waals surface area contributed by atoms with Gasteiger partial charge in [-0.1, -0.05) is 37.5 Å². The number of benzene rings is 2. The number of ether oxygens (including phenoxy) is 2. The Balaban J connectivity index is 1.62. The highest BCUT2D eigenvalue weighted by Gasteiger charge is 2.17. The van der Waals surface area contributed by atoms with Crippen LogP contribution in [-0.2, 0) is 4.79 Å². The molecule has 0 unspecified atom stereocenters. The van der Waals surface area contributed by atoms with Gasteiger partial charge in [-0.2, -0.15) is 5.10 Å². The molecule has 0 saturated heterocycles. The van der Waals surface area contributed by atoms with Crippen LogP contribution < -0.4 is 20.2 Å². The molecule has 7 heteroatoms. The summed E-state index contributed by atoms with van der Waals surface area (Å²) in [5.41, 5.74) is 4.72. The lowest BCUT2D eigenvalue weighted by molar-refractivity contribution is -0.124. The molecule has 0 heterocycles. The fourth-order valence-electron chi connectivity index (χ4n) is 3.38. The van der Waals surface area contributed by atoms with E-state index < -0.39 is 0 Å². The third-order valence-corrected chi connectivity index (χ3v) is 5.55. The lowest BCUT2D eigenvalue weighted by atomic mass is 9.95. The minimum absolute atomic E-state index is 0.0357. The Labute approximate surface area is 186 Å². The van der Waals surface area contributed by atoms with Gasteiger partial charge in [-0.05, 0) is 60.0 Å². The molecule has 1 aliphatic rings. The Hall–Kier alpha value is -2.54. The maximum atomic E-state index is 12.3. The van der Waals surface area contributed by atoms with Gasteiger partial charge in [0.2, 0.25) is 0 Å². The minimum atomic E-state index is -0.0989. The molecule has 0 bridgehead atoms. The van der Waals surface area contributed by atoms with Crippen LogP contribution in [0.25, 0.3) is 0 Å². The first-order chi connectivity index (χ1) is 14.7. The van der Waals surface area contributed by atoms with E-state index in [0.717, 1.165) is 28.6 Å². The van der Waals surface area contributed by atoms with Crippen LogP contribution >= 0.6 is 15.9 Å². The van der Waals surface area contributed by atoms with E-state index in [1.54, 1.807) is 6.21 Å². The van der Waals surface area contributed by atoms with Crippen molar-refractivity contribution in [2.45, 2.75) is 45.1 Å². The van der Waals surface area contributed by atoms with Gasteiger partial charge >= 0.3 is 0 Å². The molecule has 0 radical (unpaired) electrons. The number of hydrogen-bond donors (Lipinski definition) is 2. The first-order valence-corrected chi connectivity index (χ1v) is 11.2. The Bertz CT molecular complexity index is 852. The highest BCUT2D eigenvalue weighted by molar-refractivity contribution is 9.10. The summed E-state index contributed by atoms with van der Waals surface area (Å²) >= 11 is 3.55. The van der Waals surface area contributed by atoms with Crippen molar-refractivity contribution in [3.63, 3.8) is 0 Å². The van der Waals surface area contributed by atoms with Crippen LogP contribution in [0.1, 0.15) is 44.6 Å². The third kappa shape index (κ3) is 6.76. The van der Waals surface area contributed by atoms with Crippen molar-refractivity contribution in [2.75, 3.05) is 18.6 Å². The van der Waals surface area contributed by atoms with E-state index in [9.17, 15) is 4.79 Å². The Kier molecular flexibility index (Phi) is 8.56. The second kappa shape index (κ2) is 11.6. The van der Waals surface area contributed by atoms with Gasteiger partial charge in [0.05, 0.1) is 18.5 Å². The molecule has 30 heavy (non-hydrogen) atoms. The van der Waals surface area contributed by atoms with Crippen LogP contribution in [-0.4, -0.2) is 31.4 Å². The number of carbonyl (C=O) groups excluding carboxylic acids is 1. The average molecular weight is 474 g/mol. The monoisotopic (exact) mass is 473 g/mol. The Morgan fingerprint density at radius 2 is 1.87 bits per heavy atom. The molecule has 2 aromatic carbocycles. The zero-order valence-electron chi connectivity index (χ0n) is 17.2. The number of nitrogens with one attached hydrogen (secondary N) is 2. The van der Waals surface area contributed by atoms with Crippen LogP contribution in [0.3, 0.4) is 0 Å². The fourth-order valence-corrected chi connectivity index (χ4v) is 3.80. The molecule has 0 atom stereocenters. The molecule has 1 amide bonds. The first-order valence-electron chi connectivity index (χ1n) is 10.4. The molecule has 1 aliphatic carbocycles. The number of halogens is 1. The molecule has 3 rings (SSSR count). The number of nitrogens with zero attached hydrogens (tertiary/aromatic N) is 1. The van der Waals surface area contributed by atoms with Crippen molar-refractivity contribution in [1.82, 2.24) is 5.32 Å². The van der Waals surface area contributed by atoms with Crippen LogP contribution in [0, 0.1) is 0 Å². The number of hydrogen-bond acceptors (Lipinski definition) is 5. The van der Waals surface area contributed by atoms with E-state index in [4.69, 9.17) is 9.47 Å². The molecule has 0 spiro atoms. The highest BCUT2D eigenvalue weighted by atomic mass is 79.9.